The Balaban J connectivity index is 1.67. The molecule has 1 atom stereocenters. The number of anilines is 2. The highest BCUT2D eigenvalue weighted by Crippen LogP contribution is 2.35. The summed E-state index contributed by atoms with van der Waals surface area (Å²) in [5, 5.41) is 0. The smallest absolute Gasteiger partial charge is 0.268 e. The standard InChI is InChI=1S/C26H24N2O4/c1-18(29)21-13-14-24-23(15-21)28(26(31)19(2)32-24)17-25(30)27(22-11-7-4-8-12-22)16-20-9-5-3-6-10-20/h3-15,19H,16-17H2,1-2H3. The van der Waals surface area contributed by atoms with Gasteiger partial charge < -0.3 is 9.64 Å². The lowest BCUT2D eigenvalue weighted by atomic mass is 10.1. The number of fused-ring (bicyclic) bond motifs is 1. The molecule has 6 nitrogen and oxygen atoms in total. The highest BCUT2D eigenvalue weighted by atomic mass is 16.5. The summed E-state index contributed by atoms with van der Waals surface area (Å²) >= 11 is 0. The van der Waals surface area contributed by atoms with E-state index in [1.165, 1.54) is 11.8 Å². The average Bonchev–Trinajstić information content (AvgIpc) is 2.81. The van der Waals surface area contributed by atoms with Gasteiger partial charge in [-0.1, -0.05) is 48.5 Å². The van der Waals surface area contributed by atoms with Gasteiger partial charge in [-0.05, 0) is 49.7 Å². The van der Waals surface area contributed by atoms with Crippen LogP contribution in [0.1, 0.15) is 29.8 Å². The first-order valence-corrected chi connectivity index (χ1v) is 10.5. The predicted molar refractivity (Wildman–Crippen MR) is 123 cm³/mol. The topological polar surface area (TPSA) is 66.9 Å². The van der Waals surface area contributed by atoms with Gasteiger partial charge in [0.05, 0.1) is 12.2 Å². The molecular weight excluding hydrogens is 404 g/mol. The van der Waals surface area contributed by atoms with Crippen LogP contribution >= 0.6 is 0 Å². The monoisotopic (exact) mass is 428 g/mol. The maximum atomic E-state index is 13.5. The van der Waals surface area contributed by atoms with Crippen molar-refractivity contribution < 1.29 is 19.1 Å². The molecule has 0 bridgehead atoms. The predicted octanol–water partition coefficient (Wildman–Crippen LogP) is 4.24. The van der Waals surface area contributed by atoms with Crippen LogP contribution < -0.4 is 14.5 Å². The van der Waals surface area contributed by atoms with Crippen molar-refractivity contribution >= 4 is 29.0 Å². The van der Waals surface area contributed by atoms with Gasteiger partial charge in [-0.25, -0.2) is 0 Å². The summed E-state index contributed by atoms with van der Waals surface area (Å²) in [6.45, 7) is 3.32. The summed E-state index contributed by atoms with van der Waals surface area (Å²) in [4.78, 5) is 41.5. The number of carbonyl (C=O) groups excluding carboxylic acids is 3. The molecule has 3 aromatic carbocycles. The first kappa shape index (κ1) is 21.3. The molecule has 0 saturated heterocycles. The van der Waals surface area contributed by atoms with Gasteiger partial charge in [0, 0.05) is 11.3 Å². The Morgan fingerprint density at radius 1 is 0.969 bits per heavy atom. The second-order valence-electron chi connectivity index (χ2n) is 7.72. The van der Waals surface area contributed by atoms with Crippen molar-refractivity contribution in [3.8, 4) is 5.75 Å². The Labute approximate surface area is 187 Å². The maximum Gasteiger partial charge on any atom is 0.268 e. The number of Topliss-reactive ketones (excluding diaryl/α,β-unsaturated/α-hetero) is 1. The van der Waals surface area contributed by atoms with Gasteiger partial charge in [-0.15, -0.1) is 0 Å². The Kier molecular flexibility index (Phi) is 6.03. The van der Waals surface area contributed by atoms with E-state index in [2.05, 4.69) is 0 Å². The van der Waals surface area contributed by atoms with E-state index in [0.29, 0.717) is 23.5 Å². The zero-order valence-corrected chi connectivity index (χ0v) is 18.0. The number of hydrogen-bond donors (Lipinski definition) is 0. The first-order valence-electron chi connectivity index (χ1n) is 10.5. The molecule has 0 aliphatic carbocycles. The minimum atomic E-state index is -0.724. The normalized spacial score (nSPS) is 15.0. The Bertz CT molecular complexity index is 1150. The quantitative estimate of drug-likeness (QED) is 0.551. The molecule has 1 heterocycles. The molecule has 0 fully saturated rings. The number of ketones is 1. The molecule has 1 aliphatic rings. The van der Waals surface area contributed by atoms with E-state index in [9.17, 15) is 14.4 Å². The van der Waals surface area contributed by atoms with Crippen LogP contribution in [0, 0.1) is 0 Å². The number of amides is 2. The van der Waals surface area contributed by atoms with E-state index < -0.39 is 6.10 Å². The van der Waals surface area contributed by atoms with Crippen LogP contribution in [-0.4, -0.2) is 30.2 Å². The van der Waals surface area contributed by atoms with E-state index >= 15 is 0 Å². The number of nitrogens with zero attached hydrogens (tertiary/aromatic N) is 2. The molecule has 162 valence electrons. The number of rotatable bonds is 6. The average molecular weight is 428 g/mol. The van der Waals surface area contributed by atoms with Gasteiger partial charge in [0.1, 0.15) is 12.3 Å². The fraction of sp³-hybridized carbons (Fsp3) is 0.192. The first-order chi connectivity index (χ1) is 15.4. The van der Waals surface area contributed by atoms with E-state index in [4.69, 9.17) is 4.74 Å². The summed E-state index contributed by atoms with van der Waals surface area (Å²) in [5.74, 6) is -0.203. The van der Waals surface area contributed by atoms with Gasteiger partial charge in [-0.2, -0.15) is 0 Å². The van der Waals surface area contributed by atoms with Gasteiger partial charge in [0.2, 0.25) is 5.91 Å². The van der Waals surface area contributed by atoms with Gasteiger partial charge in [0.15, 0.2) is 11.9 Å². The molecule has 32 heavy (non-hydrogen) atoms. The van der Waals surface area contributed by atoms with E-state index in [1.54, 1.807) is 30.0 Å². The number of hydrogen-bond acceptors (Lipinski definition) is 4. The van der Waals surface area contributed by atoms with Gasteiger partial charge in [0.25, 0.3) is 5.91 Å². The molecule has 6 heteroatoms. The van der Waals surface area contributed by atoms with Crippen LogP contribution in [0.5, 0.6) is 5.75 Å². The molecule has 0 saturated carbocycles. The lowest BCUT2D eigenvalue weighted by Gasteiger charge is -2.34. The van der Waals surface area contributed by atoms with Gasteiger partial charge >= 0.3 is 0 Å². The third kappa shape index (κ3) is 4.39. The van der Waals surface area contributed by atoms with Crippen molar-refractivity contribution in [2.75, 3.05) is 16.3 Å². The summed E-state index contributed by atoms with van der Waals surface area (Å²) in [7, 11) is 0. The van der Waals surface area contributed by atoms with E-state index in [1.807, 2.05) is 60.7 Å². The van der Waals surface area contributed by atoms with Crippen LogP contribution in [0.2, 0.25) is 0 Å². The molecule has 0 spiro atoms. The second kappa shape index (κ2) is 9.06. The highest BCUT2D eigenvalue weighted by molar-refractivity contribution is 6.07. The van der Waals surface area contributed by atoms with E-state index in [0.717, 1.165) is 11.3 Å². The summed E-state index contributed by atoms with van der Waals surface area (Å²) in [6.07, 6.45) is -0.724. The van der Waals surface area contributed by atoms with Crippen molar-refractivity contribution in [2.45, 2.75) is 26.5 Å². The van der Waals surface area contributed by atoms with Crippen LogP contribution in [0.4, 0.5) is 11.4 Å². The highest BCUT2D eigenvalue weighted by Gasteiger charge is 2.34. The zero-order chi connectivity index (χ0) is 22.7. The van der Waals surface area contributed by atoms with Crippen molar-refractivity contribution in [2.24, 2.45) is 0 Å². The molecule has 1 unspecified atom stereocenters. The maximum absolute atomic E-state index is 13.5. The number of para-hydroxylation sites is 1. The largest absolute Gasteiger partial charge is 0.479 e. The third-order valence-electron chi connectivity index (χ3n) is 5.42. The number of carbonyl (C=O) groups is 3. The molecule has 4 rings (SSSR count). The molecule has 0 radical (unpaired) electrons. The van der Waals surface area contributed by atoms with Crippen LogP contribution in [0.25, 0.3) is 0 Å². The van der Waals surface area contributed by atoms with Crippen molar-refractivity contribution in [3.05, 3.63) is 90.0 Å². The summed E-state index contributed by atoms with van der Waals surface area (Å²) in [5.41, 5.74) is 2.61. The Morgan fingerprint density at radius 2 is 1.62 bits per heavy atom. The Morgan fingerprint density at radius 3 is 2.28 bits per heavy atom. The molecule has 2 amide bonds. The SMILES string of the molecule is CC(=O)c1ccc2c(c1)N(CC(=O)N(Cc1ccccc1)c1ccccc1)C(=O)C(C)O2. The van der Waals surface area contributed by atoms with Gasteiger partial charge in [-0.3, -0.25) is 19.3 Å². The number of ether oxygens (including phenoxy) is 1. The molecule has 3 aromatic rings. The minimum absolute atomic E-state index is 0.125. The Hall–Kier alpha value is -3.93. The van der Waals surface area contributed by atoms with Crippen LogP contribution in [-0.2, 0) is 16.1 Å². The minimum Gasteiger partial charge on any atom is -0.479 e. The lowest BCUT2D eigenvalue weighted by Crippen LogP contribution is -2.49. The molecule has 0 aromatic heterocycles. The van der Waals surface area contributed by atoms with Crippen LogP contribution in [0.3, 0.4) is 0 Å². The zero-order valence-electron chi connectivity index (χ0n) is 18.0. The van der Waals surface area contributed by atoms with Crippen LogP contribution in [0.15, 0.2) is 78.9 Å². The number of benzene rings is 3. The molecular formula is C26H24N2O4. The molecule has 0 N–H and O–H groups in total. The summed E-state index contributed by atoms with van der Waals surface area (Å²) in [6, 6.07) is 24.0. The third-order valence-corrected chi connectivity index (χ3v) is 5.42. The lowest BCUT2D eigenvalue weighted by molar-refractivity contribution is -0.127. The second-order valence-corrected chi connectivity index (χ2v) is 7.72. The fourth-order valence-electron chi connectivity index (χ4n) is 3.71. The van der Waals surface area contributed by atoms with Crippen molar-refractivity contribution in [1.82, 2.24) is 0 Å². The van der Waals surface area contributed by atoms with E-state index in [-0.39, 0.29) is 24.1 Å². The van der Waals surface area contributed by atoms with Crippen molar-refractivity contribution in [3.63, 3.8) is 0 Å². The molecule has 1 aliphatic heterocycles. The fourth-order valence-corrected chi connectivity index (χ4v) is 3.71. The summed E-state index contributed by atoms with van der Waals surface area (Å²) < 4.78 is 5.70. The van der Waals surface area contributed by atoms with Crippen molar-refractivity contribution in [1.29, 1.82) is 0 Å².